The Morgan fingerprint density at radius 2 is 1.77 bits per heavy atom. The second kappa shape index (κ2) is 14.1. The summed E-state index contributed by atoms with van der Waals surface area (Å²) in [5.74, 6) is 1.07. The van der Waals surface area contributed by atoms with Crippen LogP contribution in [0.3, 0.4) is 0 Å². The molecule has 7 nitrogen and oxygen atoms in total. The molecule has 9 heteroatoms. The van der Waals surface area contributed by atoms with Crippen LogP contribution in [-0.4, -0.2) is 70.1 Å². The van der Waals surface area contributed by atoms with Gasteiger partial charge in [0.05, 0.1) is 30.0 Å². The molecule has 3 aromatic rings. The van der Waals surface area contributed by atoms with Crippen molar-refractivity contribution in [2.75, 3.05) is 63.3 Å². The number of ether oxygens (including phenoxy) is 2. The minimum absolute atomic E-state index is 0.0841. The van der Waals surface area contributed by atoms with Crippen LogP contribution in [-0.2, 0) is 4.79 Å². The molecular formula is C34H38FN3O4S. The summed E-state index contributed by atoms with van der Waals surface area (Å²) in [5.41, 5.74) is 2.88. The molecule has 2 aliphatic heterocycles. The zero-order chi connectivity index (χ0) is 30.3. The largest absolute Gasteiger partial charge is 0.493 e. The van der Waals surface area contributed by atoms with Gasteiger partial charge in [-0.05, 0) is 74.3 Å². The minimum Gasteiger partial charge on any atom is -0.493 e. The maximum Gasteiger partial charge on any atom is 0.264 e. The molecule has 0 saturated carbocycles. The Bertz CT molecular complexity index is 1500. The van der Waals surface area contributed by atoms with Crippen LogP contribution in [0.5, 0.6) is 11.5 Å². The fourth-order valence-electron chi connectivity index (χ4n) is 5.45. The Kier molecular flexibility index (Phi) is 10.0. The van der Waals surface area contributed by atoms with E-state index in [1.165, 1.54) is 17.8 Å². The molecule has 1 saturated heterocycles. The number of amides is 1. The number of piperazine rings is 1. The summed E-state index contributed by atoms with van der Waals surface area (Å²) in [4.78, 5) is 33.9. The van der Waals surface area contributed by atoms with Gasteiger partial charge in [0.2, 0.25) is 0 Å². The number of nitrogens with zero attached hydrogens (tertiary/aromatic N) is 3. The van der Waals surface area contributed by atoms with Crippen molar-refractivity contribution in [1.29, 1.82) is 0 Å². The Balaban J connectivity index is 1.14. The number of halogens is 1. The summed E-state index contributed by atoms with van der Waals surface area (Å²) in [5, 5.41) is 0. The number of ketones is 1. The molecule has 0 aliphatic carbocycles. The molecule has 226 valence electrons. The molecule has 0 aromatic heterocycles. The zero-order valence-corrected chi connectivity index (χ0v) is 25.8. The van der Waals surface area contributed by atoms with Crippen LogP contribution in [0.4, 0.5) is 15.8 Å². The smallest absolute Gasteiger partial charge is 0.264 e. The van der Waals surface area contributed by atoms with E-state index in [0.29, 0.717) is 40.7 Å². The second-order valence-electron chi connectivity index (χ2n) is 10.7. The van der Waals surface area contributed by atoms with Crippen molar-refractivity contribution in [1.82, 2.24) is 4.90 Å². The molecule has 0 spiro atoms. The van der Waals surface area contributed by atoms with Crippen LogP contribution >= 0.6 is 11.8 Å². The summed E-state index contributed by atoms with van der Waals surface area (Å²) in [6, 6.07) is 18.1. The second-order valence-corrected chi connectivity index (χ2v) is 11.7. The van der Waals surface area contributed by atoms with Crippen LogP contribution in [0.15, 0.2) is 70.5 Å². The number of thioether (sulfide) groups is 1. The summed E-state index contributed by atoms with van der Waals surface area (Å²) in [6.45, 7) is 6.73. The highest BCUT2D eigenvalue weighted by atomic mass is 32.2. The van der Waals surface area contributed by atoms with Crippen LogP contribution in [0.2, 0.25) is 0 Å². The highest BCUT2D eigenvalue weighted by molar-refractivity contribution is 8.04. The Hall–Kier alpha value is -3.82. The monoisotopic (exact) mass is 603 g/mol. The number of hydrogen-bond acceptors (Lipinski definition) is 7. The van der Waals surface area contributed by atoms with Crippen LogP contribution in [0.1, 0.15) is 42.1 Å². The SMILES string of the molecule is CCOc1ccc(/C=C2/Sc3ccc(C(=O)CCCCN4CCN(c5ccccc5F)CC4)cc3N(C)C2=O)cc1OC. The number of para-hydroxylation sites is 1. The highest BCUT2D eigenvalue weighted by Gasteiger charge is 2.27. The van der Waals surface area contributed by atoms with E-state index in [4.69, 9.17) is 9.47 Å². The lowest BCUT2D eigenvalue weighted by molar-refractivity contribution is -0.114. The number of rotatable bonds is 11. The lowest BCUT2D eigenvalue weighted by Gasteiger charge is -2.36. The third-order valence-corrected chi connectivity index (χ3v) is 8.93. The van der Waals surface area contributed by atoms with Crippen molar-refractivity contribution in [3.63, 3.8) is 0 Å². The summed E-state index contributed by atoms with van der Waals surface area (Å²) >= 11 is 1.41. The fraction of sp³-hybridized carbons (Fsp3) is 0.353. The van der Waals surface area contributed by atoms with Gasteiger partial charge in [0.15, 0.2) is 17.3 Å². The molecule has 1 fully saturated rings. The number of unbranched alkanes of at least 4 members (excludes halogenated alkanes) is 1. The molecule has 2 aliphatic rings. The predicted molar refractivity (Wildman–Crippen MR) is 171 cm³/mol. The maximum atomic E-state index is 14.1. The molecule has 1 amide bonds. The number of likely N-dealkylation sites (N-methyl/N-ethyl adjacent to an activating group) is 1. The van der Waals surface area contributed by atoms with E-state index in [0.717, 1.165) is 61.7 Å². The van der Waals surface area contributed by atoms with Crippen molar-refractivity contribution in [3.05, 3.63) is 82.5 Å². The maximum absolute atomic E-state index is 14.1. The molecule has 0 bridgehead atoms. The van der Waals surface area contributed by atoms with E-state index in [-0.39, 0.29) is 17.5 Å². The molecule has 3 aromatic carbocycles. The molecule has 5 rings (SSSR count). The van der Waals surface area contributed by atoms with Crippen molar-refractivity contribution in [3.8, 4) is 11.5 Å². The number of carbonyl (C=O) groups excluding carboxylic acids is 2. The van der Waals surface area contributed by atoms with E-state index in [2.05, 4.69) is 9.80 Å². The van der Waals surface area contributed by atoms with Gasteiger partial charge in [0.25, 0.3) is 5.91 Å². The average molecular weight is 604 g/mol. The van der Waals surface area contributed by atoms with Crippen LogP contribution in [0.25, 0.3) is 6.08 Å². The number of hydrogen-bond donors (Lipinski definition) is 0. The molecule has 0 N–H and O–H groups in total. The first-order valence-electron chi connectivity index (χ1n) is 14.8. The fourth-order valence-corrected chi connectivity index (χ4v) is 6.55. The molecule has 2 heterocycles. The van der Waals surface area contributed by atoms with Gasteiger partial charge in [-0.3, -0.25) is 14.5 Å². The predicted octanol–water partition coefficient (Wildman–Crippen LogP) is 6.52. The highest BCUT2D eigenvalue weighted by Crippen LogP contribution is 2.42. The first-order chi connectivity index (χ1) is 20.9. The third kappa shape index (κ3) is 7.22. The number of Topliss-reactive ketones (excluding diaryl/α,β-unsaturated/α-hetero) is 1. The van der Waals surface area contributed by atoms with Gasteiger partial charge in [-0.2, -0.15) is 0 Å². The van der Waals surface area contributed by atoms with Crippen molar-refractivity contribution < 1.29 is 23.5 Å². The Morgan fingerprint density at radius 1 is 0.977 bits per heavy atom. The van der Waals surface area contributed by atoms with E-state index in [1.807, 2.05) is 61.5 Å². The lowest BCUT2D eigenvalue weighted by atomic mass is 10.0. The molecule has 43 heavy (non-hydrogen) atoms. The van der Waals surface area contributed by atoms with Crippen LogP contribution < -0.4 is 19.3 Å². The number of anilines is 2. The van der Waals surface area contributed by atoms with Gasteiger partial charge in [-0.25, -0.2) is 4.39 Å². The average Bonchev–Trinajstić information content (AvgIpc) is 3.03. The third-order valence-electron chi connectivity index (χ3n) is 7.86. The molecular weight excluding hydrogens is 565 g/mol. The van der Waals surface area contributed by atoms with Gasteiger partial charge in [-0.15, -0.1) is 0 Å². The topological polar surface area (TPSA) is 62.3 Å². The first-order valence-corrected chi connectivity index (χ1v) is 15.6. The molecule has 0 unspecified atom stereocenters. The van der Waals surface area contributed by atoms with Gasteiger partial charge in [-0.1, -0.05) is 36.0 Å². The number of benzene rings is 3. The number of methoxy groups -OCH3 is 1. The quantitative estimate of drug-likeness (QED) is 0.141. The van der Waals surface area contributed by atoms with Gasteiger partial charge in [0.1, 0.15) is 5.82 Å². The van der Waals surface area contributed by atoms with Crippen molar-refractivity contribution >= 4 is 40.9 Å². The Morgan fingerprint density at radius 3 is 2.51 bits per heavy atom. The summed E-state index contributed by atoms with van der Waals surface area (Å²) in [6.07, 6.45) is 4.04. The van der Waals surface area contributed by atoms with Gasteiger partial charge >= 0.3 is 0 Å². The van der Waals surface area contributed by atoms with Gasteiger partial charge in [0, 0.05) is 50.1 Å². The Labute approximate surface area is 257 Å². The lowest BCUT2D eigenvalue weighted by Crippen LogP contribution is -2.46. The standard InChI is InChI=1S/C34H38FN3O4S/c1-4-42-30-14-12-24(21-31(30)41-3)22-33-34(40)36(2)28-23-25(13-15-32(28)43-33)29(39)11-7-8-16-37-17-19-38(20-18-37)27-10-6-5-9-26(27)35/h5-6,9-10,12-15,21-23H,4,7-8,11,16-20H2,1-3H3/b33-22+. The van der Waals surface area contributed by atoms with E-state index in [9.17, 15) is 14.0 Å². The van der Waals surface area contributed by atoms with E-state index in [1.54, 1.807) is 25.1 Å². The van der Waals surface area contributed by atoms with E-state index >= 15 is 0 Å². The van der Waals surface area contributed by atoms with Crippen LogP contribution in [0, 0.1) is 5.82 Å². The van der Waals surface area contributed by atoms with Crippen molar-refractivity contribution in [2.45, 2.75) is 31.1 Å². The van der Waals surface area contributed by atoms with Gasteiger partial charge < -0.3 is 19.3 Å². The molecule has 0 atom stereocenters. The summed E-state index contributed by atoms with van der Waals surface area (Å²) < 4.78 is 25.2. The normalized spacial score (nSPS) is 16.4. The first kappa shape index (κ1) is 30.6. The zero-order valence-electron chi connectivity index (χ0n) is 25.0. The summed E-state index contributed by atoms with van der Waals surface area (Å²) in [7, 11) is 3.34. The number of carbonyl (C=O) groups is 2. The molecule has 0 radical (unpaired) electrons. The van der Waals surface area contributed by atoms with Crippen molar-refractivity contribution in [2.24, 2.45) is 0 Å². The number of fused-ring (bicyclic) bond motifs is 1. The minimum atomic E-state index is -0.173. The van der Waals surface area contributed by atoms with E-state index < -0.39 is 0 Å².